The van der Waals surface area contributed by atoms with Crippen molar-refractivity contribution in [3.8, 4) is 23.3 Å². The number of pyridine rings is 1. The molecule has 0 saturated heterocycles. The van der Waals surface area contributed by atoms with Crippen LogP contribution in [0.1, 0.15) is 22.4 Å². The summed E-state index contributed by atoms with van der Waals surface area (Å²) in [6.07, 6.45) is 1.58. The van der Waals surface area contributed by atoms with E-state index in [1.54, 1.807) is 46.8 Å². The van der Waals surface area contributed by atoms with E-state index in [1.165, 1.54) is 0 Å². The Kier molecular flexibility index (Phi) is 6.97. The lowest BCUT2D eigenvalue weighted by Crippen LogP contribution is -2.03. The van der Waals surface area contributed by atoms with Gasteiger partial charge >= 0.3 is 0 Å². The van der Waals surface area contributed by atoms with Gasteiger partial charge in [0.1, 0.15) is 11.6 Å². The van der Waals surface area contributed by atoms with E-state index >= 15 is 0 Å². The van der Waals surface area contributed by atoms with Crippen LogP contribution in [0, 0.1) is 18.3 Å². The van der Waals surface area contributed by atoms with Crippen LogP contribution in [0.5, 0.6) is 17.2 Å². The summed E-state index contributed by atoms with van der Waals surface area (Å²) in [6, 6.07) is 7.48. The second-order valence-electron chi connectivity index (χ2n) is 5.52. The first-order valence-electron chi connectivity index (χ1n) is 8.06. The summed E-state index contributed by atoms with van der Waals surface area (Å²) in [5.74, 6) is 1.91. The highest BCUT2D eigenvalue weighted by atomic mass is 16.5. The van der Waals surface area contributed by atoms with Crippen molar-refractivity contribution in [1.29, 1.82) is 5.26 Å². The molecule has 0 spiro atoms. The van der Waals surface area contributed by atoms with Gasteiger partial charge in [-0.3, -0.25) is 5.43 Å². The zero-order chi connectivity index (χ0) is 19.8. The second-order valence-corrected chi connectivity index (χ2v) is 5.52. The molecule has 8 nitrogen and oxygen atoms in total. The Balaban J connectivity index is 2.32. The number of ether oxygens (including phenoxy) is 4. The van der Waals surface area contributed by atoms with E-state index in [0.717, 1.165) is 16.8 Å². The van der Waals surface area contributed by atoms with Gasteiger partial charge in [0.15, 0.2) is 17.3 Å². The van der Waals surface area contributed by atoms with E-state index in [-0.39, 0.29) is 0 Å². The van der Waals surface area contributed by atoms with Gasteiger partial charge in [-0.1, -0.05) is 0 Å². The number of aryl methyl sites for hydroxylation is 1. The first-order chi connectivity index (χ1) is 13.1. The number of nitrogens with one attached hydrogen (secondary N) is 1. The molecule has 0 saturated carbocycles. The van der Waals surface area contributed by atoms with Gasteiger partial charge in [0, 0.05) is 23.9 Å². The SMILES string of the molecule is COCc1cc(C)nc(NN=Cc2cc(OC)c(OC)c(OC)c2)c1C#N. The van der Waals surface area contributed by atoms with Gasteiger partial charge in [0.05, 0.1) is 34.2 Å². The lowest BCUT2D eigenvalue weighted by molar-refractivity contribution is 0.184. The predicted octanol–water partition coefficient (Wildman–Crippen LogP) is 2.88. The molecule has 1 N–H and O–H groups in total. The minimum absolute atomic E-state index is 0.317. The fourth-order valence-electron chi connectivity index (χ4n) is 2.56. The summed E-state index contributed by atoms with van der Waals surface area (Å²) in [5.41, 5.74) is 5.44. The quantitative estimate of drug-likeness (QED) is 0.563. The number of aromatic nitrogens is 1. The first kappa shape index (κ1) is 20.0. The Morgan fingerprint density at radius 1 is 1.11 bits per heavy atom. The van der Waals surface area contributed by atoms with Crippen LogP contribution in [0.4, 0.5) is 5.82 Å². The minimum atomic E-state index is 0.317. The maximum Gasteiger partial charge on any atom is 0.203 e. The van der Waals surface area contributed by atoms with Crippen molar-refractivity contribution in [3.05, 3.63) is 40.6 Å². The minimum Gasteiger partial charge on any atom is -0.493 e. The number of hydrogen-bond acceptors (Lipinski definition) is 8. The number of nitrogens with zero attached hydrogens (tertiary/aromatic N) is 3. The molecule has 2 aromatic rings. The Morgan fingerprint density at radius 3 is 2.30 bits per heavy atom. The fourth-order valence-corrected chi connectivity index (χ4v) is 2.56. The summed E-state index contributed by atoms with van der Waals surface area (Å²) in [5, 5.41) is 13.6. The Hall–Kier alpha value is -3.31. The summed E-state index contributed by atoms with van der Waals surface area (Å²) < 4.78 is 21.1. The van der Waals surface area contributed by atoms with E-state index in [2.05, 4.69) is 21.6 Å². The fraction of sp³-hybridized carbons (Fsp3) is 0.316. The number of methoxy groups -OCH3 is 4. The van der Waals surface area contributed by atoms with E-state index in [9.17, 15) is 5.26 Å². The summed E-state index contributed by atoms with van der Waals surface area (Å²) in [4.78, 5) is 4.34. The zero-order valence-electron chi connectivity index (χ0n) is 16.0. The molecule has 1 aromatic carbocycles. The van der Waals surface area contributed by atoms with Crippen molar-refractivity contribution in [2.45, 2.75) is 13.5 Å². The molecule has 2 rings (SSSR count). The molecule has 1 heterocycles. The highest BCUT2D eigenvalue weighted by Crippen LogP contribution is 2.37. The third-order valence-electron chi connectivity index (χ3n) is 3.71. The molecule has 0 radical (unpaired) electrons. The van der Waals surface area contributed by atoms with Gasteiger partial charge < -0.3 is 18.9 Å². The number of rotatable bonds is 8. The number of benzene rings is 1. The van der Waals surface area contributed by atoms with E-state index in [4.69, 9.17) is 18.9 Å². The highest BCUT2D eigenvalue weighted by Gasteiger charge is 2.13. The van der Waals surface area contributed by atoms with E-state index in [1.807, 2.05) is 13.0 Å². The second kappa shape index (κ2) is 9.40. The van der Waals surface area contributed by atoms with Crippen LogP contribution >= 0.6 is 0 Å². The van der Waals surface area contributed by atoms with Crippen LogP contribution in [0.3, 0.4) is 0 Å². The molecule has 27 heavy (non-hydrogen) atoms. The van der Waals surface area contributed by atoms with Crippen molar-refractivity contribution in [2.24, 2.45) is 5.10 Å². The lowest BCUT2D eigenvalue weighted by Gasteiger charge is -2.12. The molecule has 0 bridgehead atoms. The average molecular weight is 370 g/mol. The molecule has 1 aromatic heterocycles. The third-order valence-corrected chi connectivity index (χ3v) is 3.71. The van der Waals surface area contributed by atoms with Crippen LogP contribution in [0.15, 0.2) is 23.3 Å². The van der Waals surface area contributed by atoms with Crippen molar-refractivity contribution in [2.75, 3.05) is 33.9 Å². The molecule has 0 aliphatic carbocycles. The summed E-state index contributed by atoms with van der Waals surface area (Å²) in [6.45, 7) is 2.16. The van der Waals surface area contributed by atoms with Crippen LogP contribution in [0.2, 0.25) is 0 Å². The molecule has 0 aliphatic rings. The number of hydrogen-bond donors (Lipinski definition) is 1. The molecule has 142 valence electrons. The van der Waals surface area contributed by atoms with E-state index in [0.29, 0.717) is 35.2 Å². The molecule has 0 atom stereocenters. The number of nitriles is 1. The van der Waals surface area contributed by atoms with Gasteiger partial charge in [-0.25, -0.2) is 4.98 Å². The molecule has 0 aliphatic heterocycles. The normalized spacial score (nSPS) is 10.5. The molecule has 8 heteroatoms. The van der Waals surface area contributed by atoms with Crippen LogP contribution < -0.4 is 19.6 Å². The van der Waals surface area contributed by atoms with Crippen molar-refractivity contribution in [1.82, 2.24) is 4.98 Å². The first-order valence-corrected chi connectivity index (χ1v) is 8.06. The van der Waals surface area contributed by atoms with Gasteiger partial charge in [-0.05, 0) is 25.1 Å². The Morgan fingerprint density at radius 2 is 1.78 bits per heavy atom. The maximum absolute atomic E-state index is 9.44. The topological polar surface area (TPSA) is 98.0 Å². The van der Waals surface area contributed by atoms with Gasteiger partial charge in [-0.2, -0.15) is 10.4 Å². The van der Waals surface area contributed by atoms with Crippen molar-refractivity contribution < 1.29 is 18.9 Å². The largest absolute Gasteiger partial charge is 0.493 e. The van der Waals surface area contributed by atoms with Gasteiger partial charge in [0.2, 0.25) is 5.75 Å². The van der Waals surface area contributed by atoms with Gasteiger partial charge in [0.25, 0.3) is 0 Å². The maximum atomic E-state index is 9.44. The monoisotopic (exact) mass is 370 g/mol. The molecule has 0 fully saturated rings. The Bertz CT molecular complexity index is 850. The molecule has 0 unspecified atom stereocenters. The van der Waals surface area contributed by atoms with Crippen LogP contribution in [-0.2, 0) is 11.3 Å². The standard InChI is InChI=1S/C19H22N4O4/c1-12-6-14(11-24-2)15(9-20)19(22-12)23-21-10-13-7-16(25-3)18(27-5)17(8-13)26-4/h6-8,10H,11H2,1-5H3,(H,22,23). The number of anilines is 1. The molecular weight excluding hydrogens is 348 g/mol. The zero-order valence-corrected chi connectivity index (χ0v) is 16.0. The van der Waals surface area contributed by atoms with Gasteiger partial charge in [-0.15, -0.1) is 0 Å². The van der Waals surface area contributed by atoms with Crippen LogP contribution in [-0.4, -0.2) is 39.6 Å². The Labute approximate surface area is 158 Å². The predicted molar refractivity (Wildman–Crippen MR) is 102 cm³/mol. The van der Waals surface area contributed by atoms with Crippen molar-refractivity contribution >= 4 is 12.0 Å². The summed E-state index contributed by atoms with van der Waals surface area (Å²) in [7, 11) is 6.21. The number of hydrazone groups is 1. The summed E-state index contributed by atoms with van der Waals surface area (Å²) >= 11 is 0. The van der Waals surface area contributed by atoms with Crippen molar-refractivity contribution in [3.63, 3.8) is 0 Å². The van der Waals surface area contributed by atoms with E-state index < -0.39 is 0 Å². The third kappa shape index (κ3) is 4.65. The molecular formula is C19H22N4O4. The highest BCUT2D eigenvalue weighted by molar-refractivity contribution is 5.83. The smallest absolute Gasteiger partial charge is 0.203 e. The van der Waals surface area contributed by atoms with Crippen LogP contribution in [0.25, 0.3) is 0 Å². The average Bonchev–Trinajstić information content (AvgIpc) is 2.67. The lowest BCUT2D eigenvalue weighted by atomic mass is 10.1. The molecule has 0 amide bonds.